The Kier molecular flexibility index (Phi) is 5.84. The van der Waals surface area contributed by atoms with Crippen molar-refractivity contribution in [2.75, 3.05) is 12.4 Å². The first-order valence-corrected chi connectivity index (χ1v) is 10.1. The second-order valence-electron chi connectivity index (χ2n) is 7.40. The molecular weight excluding hydrogens is 374 g/mol. The lowest BCUT2D eigenvalue weighted by molar-refractivity contribution is -0.114. The van der Waals surface area contributed by atoms with Gasteiger partial charge in [-0.15, -0.1) is 0 Å². The Hall–Kier alpha value is -3.53. The molecule has 0 bridgehead atoms. The summed E-state index contributed by atoms with van der Waals surface area (Å²) in [4.78, 5) is 11.7. The zero-order chi connectivity index (χ0) is 20.9. The van der Waals surface area contributed by atoms with Gasteiger partial charge in [0.1, 0.15) is 18.1 Å². The van der Waals surface area contributed by atoms with E-state index in [9.17, 15) is 4.79 Å². The molecule has 0 atom stereocenters. The molecule has 1 aliphatic carbocycles. The van der Waals surface area contributed by atoms with Gasteiger partial charge >= 0.3 is 0 Å². The highest BCUT2D eigenvalue weighted by Crippen LogP contribution is 2.36. The van der Waals surface area contributed by atoms with Gasteiger partial charge in [0.25, 0.3) is 0 Å². The molecule has 0 aromatic heterocycles. The van der Waals surface area contributed by atoms with Crippen LogP contribution >= 0.6 is 0 Å². The van der Waals surface area contributed by atoms with Crippen LogP contribution in [-0.2, 0) is 17.8 Å². The minimum atomic E-state index is -0.0958. The number of fused-ring (bicyclic) bond motifs is 1. The molecule has 4 heteroatoms. The smallest absolute Gasteiger partial charge is 0.221 e. The van der Waals surface area contributed by atoms with Crippen molar-refractivity contribution in [3.8, 4) is 11.5 Å². The van der Waals surface area contributed by atoms with Crippen LogP contribution in [-0.4, -0.2) is 13.0 Å². The Morgan fingerprint density at radius 2 is 1.77 bits per heavy atom. The molecule has 3 aromatic rings. The number of ether oxygens (including phenoxy) is 2. The number of hydrogen-bond donors (Lipinski definition) is 1. The lowest BCUT2D eigenvalue weighted by Crippen LogP contribution is -2.09. The van der Waals surface area contributed by atoms with E-state index in [1.807, 2.05) is 42.5 Å². The van der Waals surface area contributed by atoms with Crippen LogP contribution in [0.15, 0.2) is 66.7 Å². The van der Waals surface area contributed by atoms with Gasteiger partial charge in [0.15, 0.2) is 0 Å². The monoisotopic (exact) mass is 399 g/mol. The normalized spacial score (nSPS) is 12.5. The van der Waals surface area contributed by atoms with Crippen molar-refractivity contribution in [3.05, 3.63) is 89.0 Å². The van der Waals surface area contributed by atoms with Gasteiger partial charge in [0, 0.05) is 18.6 Å². The largest absolute Gasteiger partial charge is 0.497 e. The molecule has 30 heavy (non-hydrogen) atoms. The first kappa shape index (κ1) is 19.8. The van der Waals surface area contributed by atoms with Crippen molar-refractivity contribution in [2.24, 2.45) is 0 Å². The Labute approximate surface area is 177 Å². The zero-order valence-corrected chi connectivity index (χ0v) is 17.3. The first-order chi connectivity index (χ1) is 14.6. The molecule has 0 saturated heterocycles. The Morgan fingerprint density at radius 1 is 0.967 bits per heavy atom. The standard InChI is InChI=1S/C26H25NO3/c1-18(28)27-26-16-23(29-2)12-13-25(26)22-9-8-21-15-24(11-10-20(21)14-22)30-17-19-6-4-3-5-7-19/h3-7,10-16H,8-9,17H2,1-2H3,(H,27,28). The van der Waals surface area contributed by atoms with Gasteiger partial charge < -0.3 is 14.8 Å². The summed E-state index contributed by atoms with van der Waals surface area (Å²) in [5.74, 6) is 1.51. The zero-order valence-electron chi connectivity index (χ0n) is 17.3. The van der Waals surface area contributed by atoms with Crippen LogP contribution in [0.3, 0.4) is 0 Å². The fourth-order valence-corrected chi connectivity index (χ4v) is 3.74. The predicted octanol–water partition coefficient (Wildman–Crippen LogP) is 5.72. The van der Waals surface area contributed by atoms with Gasteiger partial charge in [-0.25, -0.2) is 0 Å². The summed E-state index contributed by atoms with van der Waals surface area (Å²) >= 11 is 0. The van der Waals surface area contributed by atoms with Crippen molar-refractivity contribution in [3.63, 3.8) is 0 Å². The van der Waals surface area contributed by atoms with E-state index in [2.05, 4.69) is 35.7 Å². The molecule has 3 aromatic carbocycles. The number of anilines is 1. The first-order valence-electron chi connectivity index (χ1n) is 10.1. The molecule has 4 nitrogen and oxygen atoms in total. The minimum absolute atomic E-state index is 0.0958. The van der Waals surface area contributed by atoms with Crippen LogP contribution in [0.2, 0.25) is 0 Å². The maximum Gasteiger partial charge on any atom is 0.221 e. The van der Waals surface area contributed by atoms with E-state index in [0.29, 0.717) is 6.61 Å². The highest BCUT2D eigenvalue weighted by atomic mass is 16.5. The van der Waals surface area contributed by atoms with Crippen molar-refractivity contribution >= 4 is 23.2 Å². The molecule has 0 heterocycles. The number of nitrogens with one attached hydrogen (secondary N) is 1. The highest BCUT2D eigenvalue weighted by Gasteiger charge is 2.16. The molecule has 0 aliphatic heterocycles. The third-order valence-corrected chi connectivity index (χ3v) is 5.24. The van der Waals surface area contributed by atoms with Crippen LogP contribution in [0.25, 0.3) is 11.6 Å². The number of aryl methyl sites for hydroxylation is 1. The second-order valence-corrected chi connectivity index (χ2v) is 7.40. The summed E-state index contributed by atoms with van der Waals surface area (Å²) in [5.41, 5.74) is 6.63. The quantitative estimate of drug-likeness (QED) is 0.577. The predicted molar refractivity (Wildman–Crippen MR) is 121 cm³/mol. The van der Waals surface area contributed by atoms with E-state index in [-0.39, 0.29) is 5.91 Å². The summed E-state index contributed by atoms with van der Waals surface area (Å²) < 4.78 is 11.3. The van der Waals surface area contributed by atoms with Gasteiger partial charge in [-0.05, 0) is 59.4 Å². The van der Waals surface area contributed by atoms with Crippen LogP contribution in [0.4, 0.5) is 5.69 Å². The summed E-state index contributed by atoms with van der Waals surface area (Å²) in [6.07, 6.45) is 4.02. The number of carbonyl (C=O) groups excluding carboxylic acids is 1. The second kappa shape index (κ2) is 8.87. The summed E-state index contributed by atoms with van der Waals surface area (Å²) in [6.45, 7) is 2.08. The van der Waals surface area contributed by atoms with Crippen molar-refractivity contribution in [2.45, 2.75) is 26.4 Å². The van der Waals surface area contributed by atoms with Gasteiger partial charge in [-0.1, -0.05) is 42.5 Å². The topological polar surface area (TPSA) is 47.6 Å². The van der Waals surface area contributed by atoms with E-state index in [4.69, 9.17) is 9.47 Å². The molecule has 1 amide bonds. The third kappa shape index (κ3) is 4.54. The molecule has 4 rings (SSSR count). The molecule has 0 radical (unpaired) electrons. The van der Waals surface area contributed by atoms with E-state index in [1.54, 1.807) is 7.11 Å². The van der Waals surface area contributed by atoms with E-state index in [0.717, 1.165) is 41.2 Å². The van der Waals surface area contributed by atoms with Crippen molar-refractivity contribution in [1.29, 1.82) is 0 Å². The lowest BCUT2D eigenvalue weighted by Gasteiger charge is -2.20. The van der Waals surface area contributed by atoms with Crippen LogP contribution in [0.1, 0.15) is 35.6 Å². The number of allylic oxidation sites excluding steroid dienone is 1. The fourth-order valence-electron chi connectivity index (χ4n) is 3.74. The molecule has 152 valence electrons. The maximum absolute atomic E-state index is 11.7. The molecule has 0 saturated carbocycles. The van der Waals surface area contributed by atoms with E-state index < -0.39 is 0 Å². The van der Waals surface area contributed by atoms with Gasteiger partial charge in [-0.2, -0.15) is 0 Å². The lowest BCUT2D eigenvalue weighted by atomic mass is 9.88. The average Bonchev–Trinajstić information content (AvgIpc) is 2.77. The molecular formula is C26H25NO3. The van der Waals surface area contributed by atoms with Crippen LogP contribution in [0, 0.1) is 0 Å². The van der Waals surface area contributed by atoms with Gasteiger partial charge in [0.2, 0.25) is 5.91 Å². The highest BCUT2D eigenvalue weighted by molar-refractivity contribution is 5.96. The van der Waals surface area contributed by atoms with E-state index >= 15 is 0 Å². The van der Waals surface area contributed by atoms with Crippen molar-refractivity contribution < 1.29 is 14.3 Å². The number of benzene rings is 3. The average molecular weight is 399 g/mol. The Bertz CT molecular complexity index is 1090. The molecule has 0 unspecified atom stereocenters. The molecule has 1 N–H and O–H groups in total. The Balaban J connectivity index is 1.57. The van der Waals surface area contributed by atoms with Crippen LogP contribution in [0.5, 0.6) is 11.5 Å². The number of rotatable bonds is 6. The number of amides is 1. The molecule has 0 fully saturated rings. The molecule has 0 spiro atoms. The SMILES string of the molecule is COc1ccc(C2=Cc3ccc(OCc4ccccc4)cc3CC2)c(NC(C)=O)c1. The Morgan fingerprint density at radius 3 is 2.53 bits per heavy atom. The summed E-state index contributed by atoms with van der Waals surface area (Å²) in [6, 6.07) is 22.2. The third-order valence-electron chi connectivity index (χ3n) is 5.24. The number of hydrogen-bond acceptors (Lipinski definition) is 3. The fraction of sp³-hybridized carbons (Fsp3) is 0.192. The number of carbonyl (C=O) groups is 1. The van der Waals surface area contributed by atoms with E-state index in [1.165, 1.54) is 23.6 Å². The summed E-state index contributed by atoms with van der Waals surface area (Å²) in [7, 11) is 1.63. The van der Waals surface area contributed by atoms with Crippen LogP contribution < -0.4 is 14.8 Å². The molecule has 1 aliphatic rings. The van der Waals surface area contributed by atoms with Gasteiger partial charge in [-0.3, -0.25) is 4.79 Å². The minimum Gasteiger partial charge on any atom is -0.497 e. The summed E-state index contributed by atoms with van der Waals surface area (Å²) in [5, 5.41) is 2.93. The van der Waals surface area contributed by atoms with Crippen molar-refractivity contribution in [1.82, 2.24) is 0 Å². The maximum atomic E-state index is 11.7. The van der Waals surface area contributed by atoms with Gasteiger partial charge in [0.05, 0.1) is 12.8 Å². The number of methoxy groups -OCH3 is 1.